The average Bonchev–Trinajstić information content (AvgIpc) is 3.27. The van der Waals surface area contributed by atoms with Gasteiger partial charge in [-0.15, -0.1) is 0 Å². The molecular weight excluding hydrogens is 312 g/mol. The maximum Gasteiger partial charge on any atom is 0.365 e. The lowest BCUT2D eigenvalue weighted by Gasteiger charge is -1.94. The first-order valence-corrected chi connectivity index (χ1v) is 8.01. The molecule has 0 saturated carbocycles. The topological polar surface area (TPSA) is 61.8 Å². The smallest absolute Gasteiger partial charge is 0.355 e. The predicted molar refractivity (Wildman–Crippen MR) is 101 cm³/mol. The molecular formula is C21H16N2O2. The van der Waals surface area contributed by atoms with E-state index >= 15 is 0 Å². The molecule has 0 spiro atoms. The first-order chi connectivity index (χ1) is 12.3. The number of hydrogen-bond acceptors (Lipinski definition) is 2. The summed E-state index contributed by atoms with van der Waals surface area (Å²) in [5, 5.41) is 4.36. The maximum absolute atomic E-state index is 10.8. The van der Waals surface area contributed by atoms with Crippen molar-refractivity contribution in [3.8, 4) is 11.3 Å². The molecule has 0 unspecified atom stereocenters. The minimum Gasteiger partial charge on any atom is -0.355 e. The van der Waals surface area contributed by atoms with Crippen LogP contribution in [0.2, 0.25) is 0 Å². The molecule has 5 rings (SSSR count). The largest absolute Gasteiger partial charge is 0.365 e. The predicted octanol–water partition coefficient (Wildman–Crippen LogP) is 4.96. The third-order valence-corrected chi connectivity index (χ3v) is 4.02. The van der Waals surface area contributed by atoms with Crippen LogP contribution in [-0.2, 0) is 0 Å². The van der Waals surface area contributed by atoms with Crippen LogP contribution in [0.15, 0.2) is 94.2 Å². The Labute approximate surface area is 143 Å². The van der Waals surface area contributed by atoms with Gasteiger partial charge in [-0.3, -0.25) is 0 Å². The van der Waals surface area contributed by atoms with Crippen molar-refractivity contribution >= 4 is 21.8 Å². The number of rotatable bonds is 1. The minimum atomic E-state index is -0.310. The van der Waals surface area contributed by atoms with Crippen LogP contribution in [0.1, 0.15) is 0 Å². The van der Waals surface area contributed by atoms with Crippen LogP contribution >= 0.6 is 0 Å². The molecule has 0 amide bonds. The Balaban J connectivity index is 0.000000136. The van der Waals surface area contributed by atoms with Gasteiger partial charge < -0.3 is 9.51 Å². The van der Waals surface area contributed by atoms with Crippen molar-refractivity contribution in [2.24, 2.45) is 0 Å². The van der Waals surface area contributed by atoms with Crippen molar-refractivity contribution in [2.45, 2.75) is 0 Å². The zero-order chi connectivity index (χ0) is 17.1. The van der Waals surface area contributed by atoms with Crippen LogP contribution in [-0.4, -0.2) is 10.1 Å². The highest BCUT2D eigenvalue weighted by Crippen LogP contribution is 2.23. The van der Waals surface area contributed by atoms with Crippen molar-refractivity contribution in [2.75, 3.05) is 0 Å². The zero-order valence-corrected chi connectivity index (χ0v) is 13.4. The van der Waals surface area contributed by atoms with E-state index in [9.17, 15) is 4.79 Å². The molecule has 3 aromatic carbocycles. The van der Waals surface area contributed by atoms with E-state index in [0.29, 0.717) is 5.39 Å². The second-order valence-electron chi connectivity index (χ2n) is 5.67. The summed E-state index contributed by atoms with van der Waals surface area (Å²) in [5.41, 5.74) is 4.03. The Hall–Kier alpha value is -3.53. The lowest BCUT2D eigenvalue weighted by atomic mass is 10.1. The van der Waals surface area contributed by atoms with Gasteiger partial charge in [0.2, 0.25) is 0 Å². The molecule has 122 valence electrons. The molecule has 4 nitrogen and oxygen atoms in total. The molecule has 4 heteroatoms. The first-order valence-electron chi connectivity index (χ1n) is 8.01. The van der Waals surface area contributed by atoms with E-state index in [1.54, 1.807) is 18.2 Å². The Kier molecular flexibility index (Phi) is 3.92. The number of aromatic amines is 2. The summed E-state index contributed by atoms with van der Waals surface area (Å²) in [5.74, 6) is 0. The van der Waals surface area contributed by atoms with Crippen molar-refractivity contribution < 1.29 is 4.52 Å². The maximum atomic E-state index is 10.8. The Morgan fingerprint density at radius 2 is 1.40 bits per heavy atom. The van der Waals surface area contributed by atoms with Crippen molar-refractivity contribution in [3.05, 3.63) is 95.3 Å². The second-order valence-corrected chi connectivity index (χ2v) is 5.67. The number of nitrogens with one attached hydrogen (secondary N) is 2. The number of para-hydroxylation sites is 2. The molecule has 0 bridgehead atoms. The molecule has 2 N–H and O–H groups in total. The second kappa shape index (κ2) is 6.53. The molecule has 5 aromatic rings. The van der Waals surface area contributed by atoms with Crippen LogP contribution in [0.25, 0.3) is 33.1 Å². The Morgan fingerprint density at radius 3 is 2.16 bits per heavy atom. The van der Waals surface area contributed by atoms with Crippen LogP contribution in [0.5, 0.6) is 0 Å². The van der Waals surface area contributed by atoms with E-state index in [0.717, 1.165) is 5.52 Å². The van der Waals surface area contributed by atoms with Gasteiger partial charge in [0, 0.05) is 16.6 Å². The van der Waals surface area contributed by atoms with E-state index < -0.39 is 0 Å². The highest BCUT2D eigenvalue weighted by atomic mass is 16.5. The van der Waals surface area contributed by atoms with Crippen molar-refractivity contribution in [1.29, 1.82) is 0 Å². The molecule has 0 radical (unpaired) electrons. The summed E-state index contributed by atoms with van der Waals surface area (Å²) in [6, 6.07) is 28.0. The lowest BCUT2D eigenvalue weighted by Crippen LogP contribution is -1.89. The summed E-state index contributed by atoms with van der Waals surface area (Å²) in [4.78, 5) is 14.2. The summed E-state index contributed by atoms with van der Waals surface area (Å²) in [6.07, 6.45) is 0. The quantitative estimate of drug-likeness (QED) is 0.457. The van der Waals surface area contributed by atoms with Gasteiger partial charge in [0.1, 0.15) is 0 Å². The number of fused-ring (bicyclic) bond motifs is 2. The van der Waals surface area contributed by atoms with Crippen LogP contribution in [0.4, 0.5) is 0 Å². The van der Waals surface area contributed by atoms with E-state index in [1.165, 1.54) is 22.2 Å². The fourth-order valence-corrected chi connectivity index (χ4v) is 2.75. The molecule has 0 saturated heterocycles. The number of aromatic nitrogens is 2. The third-order valence-electron chi connectivity index (χ3n) is 4.02. The fourth-order valence-electron chi connectivity index (χ4n) is 2.75. The SMILES string of the molecule is O=c1o[nH]c2ccccc12.c1ccc(-c2cc3ccccc3[nH]2)cc1. The summed E-state index contributed by atoms with van der Waals surface area (Å²) in [7, 11) is 0. The number of H-pyrrole nitrogens is 2. The Morgan fingerprint density at radius 1 is 0.720 bits per heavy atom. The van der Waals surface area contributed by atoms with Crippen LogP contribution < -0.4 is 5.63 Å². The molecule has 0 aliphatic heterocycles. The van der Waals surface area contributed by atoms with Gasteiger partial charge in [-0.05, 0) is 29.8 Å². The summed E-state index contributed by atoms with van der Waals surface area (Å²) < 4.78 is 4.53. The highest BCUT2D eigenvalue weighted by molar-refractivity contribution is 5.85. The Bertz CT molecular complexity index is 1130. The number of hydrogen-bond donors (Lipinski definition) is 2. The van der Waals surface area contributed by atoms with E-state index in [2.05, 4.69) is 63.2 Å². The fraction of sp³-hybridized carbons (Fsp3) is 0. The molecule has 2 heterocycles. The molecule has 25 heavy (non-hydrogen) atoms. The van der Waals surface area contributed by atoms with Crippen molar-refractivity contribution in [3.63, 3.8) is 0 Å². The highest BCUT2D eigenvalue weighted by Gasteiger charge is 2.01. The molecule has 0 aliphatic carbocycles. The van der Waals surface area contributed by atoms with Gasteiger partial charge >= 0.3 is 5.63 Å². The van der Waals surface area contributed by atoms with Crippen LogP contribution in [0.3, 0.4) is 0 Å². The van der Waals surface area contributed by atoms with E-state index in [1.807, 2.05) is 18.2 Å². The van der Waals surface area contributed by atoms with Gasteiger partial charge in [-0.2, -0.15) is 0 Å². The standard InChI is InChI=1S/C14H11N.C7H5NO2/c1-2-6-11(7-3-1)14-10-12-8-4-5-9-13(12)15-14;9-7-5-3-1-2-4-6(5)8-10-7/h1-10,15H;1-4,8H. The van der Waals surface area contributed by atoms with E-state index in [-0.39, 0.29) is 5.63 Å². The number of benzene rings is 3. The summed E-state index contributed by atoms with van der Waals surface area (Å²) in [6.45, 7) is 0. The first kappa shape index (κ1) is 15.0. The van der Waals surface area contributed by atoms with Gasteiger partial charge in [0.25, 0.3) is 0 Å². The summed E-state index contributed by atoms with van der Waals surface area (Å²) >= 11 is 0. The minimum absolute atomic E-state index is 0.310. The normalized spacial score (nSPS) is 10.6. The van der Waals surface area contributed by atoms with Crippen LogP contribution in [0, 0.1) is 0 Å². The average molecular weight is 328 g/mol. The molecule has 0 atom stereocenters. The van der Waals surface area contributed by atoms with Gasteiger partial charge in [-0.25, -0.2) is 9.95 Å². The van der Waals surface area contributed by atoms with Crippen molar-refractivity contribution in [1.82, 2.24) is 10.1 Å². The lowest BCUT2D eigenvalue weighted by molar-refractivity contribution is 0.400. The van der Waals surface area contributed by atoms with Gasteiger partial charge in [-0.1, -0.05) is 60.7 Å². The monoisotopic (exact) mass is 328 g/mol. The molecule has 0 fully saturated rings. The van der Waals surface area contributed by atoms with Gasteiger partial charge in [0.15, 0.2) is 0 Å². The zero-order valence-electron chi connectivity index (χ0n) is 13.4. The third kappa shape index (κ3) is 3.10. The molecule has 2 aromatic heterocycles. The van der Waals surface area contributed by atoms with E-state index in [4.69, 9.17) is 0 Å². The van der Waals surface area contributed by atoms with Gasteiger partial charge in [0.05, 0.1) is 10.9 Å². The molecule has 0 aliphatic rings.